The first-order valence-corrected chi connectivity index (χ1v) is 9.62. The van der Waals surface area contributed by atoms with Crippen LogP contribution in [-0.2, 0) is 14.2 Å². The summed E-state index contributed by atoms with van der Waals surface area (Å²) in [6.45, 7) is 6.62. The van der Waals surface area contributed by atoms with E-state index in [2.05, 4.69) is 0 Å². The van der Waals surface area contributed by atoms with Crippen LogP contribution in [0.4, 0.5) is 0 Å². The second-order valence-electron chi connectivity index (χ2n) is 8.91. The highest BCUT2D eigenvalue weighted by atomic mass is 16.7. The average molecular weight is 404 g/mol. The molecule has 1 saturated carbocycles. The van der Waals surface area contributed by atoms with E-state index >= 15 is 0 Å². The first-order valence-electron chi connectivity index (χ1n) is 9.62. The summed E-state index contributed by atoms with van der Waals surface area (Å²) < 4.78 is 17.3. The van der Waals surface area contributed by atoms with Gasteiger partial charge in [0.1, 0.15) is 35.6 Å². The molecule has 2 saturated heterocycles. The Morgan fingerprint density at radius 3 is 2.32 bits per heavy atom. The fourth-order valence-corrected chi connectivity index (χ4v) is 4.69. The predicted molar refractivity (Wildman–Crippen MR) is 96.1 cm³/mol. The third kappa shape index (κ3) is 3.23. The van der Waals surface area contributed by atoms with E-state index in [1.54, 1.807) is 19.1 Å². The fraction of sp³-hybridized carbons (Fsp3) is 0.895. The number of aliphatic hydroxyl groups is 6. The van der Waals surface area contributed by atoms with Gasteiger partial charge >= 0.3 is 0 Å². The van der Waals surface area contributed by atoms with E-state index in [0.29, 0.717) is 0 Å². The van der Waals surface area contributed by atoms with E-state index in [4.69, 9.17) is 14.2 Å². The number of epoxide rings is 1. The first kappa shape index (κ1) is 22.1. The van der Waals surface area contributed by atoms with Crippen molar-refractivity contribution in [2.75, 3.05) is 6.61 Å². The average Bonchev–Trinajstić information content (AvgIpc) is 3.25. The molecule has 0 amide bonds. The third-order valence-corrected chi connectivity index (χ3v) is 6.54. The molecule has 0 aromatic heterocycles. The van der Waals surface area contributed by atoms with Crippen molar-refractivity contribution in [1.82, 2.24) is 0 Å². The van der Waals surface area contributed by atoms with Gasteiger partial charge < -0.3 is 44.8 Å². The van der Waals surface area contributed by atoms with E-state index in [1.807, 2.05) is 20.8 Å². The SMILES string of the molecule is C[C@@H](O)C=C[C@@]12O[C@]1(C)C[C@@H](O[C@@H]1O[C@H](CO)[C@@H](O)[C@H](O)[C@H]1O)[C@H](O)C2(C)C. The Morgan fingerprint density at radius 2 is 1.75 bits per heavy atom. The molecule has 2 aliphatic heterocycles. The Hall–Kier alpha value is -0.620. The Morgan fingerprint density at radius 1 is 1.11 bits per heavy atom. The van der Waals surface area contributed by atoms with E-state index in [-0.39, 0.29) is 6.42 Å². The molecular formula is C19H32O9. The van der Waals surface area contributed by atoms with Gasteiger partial charge in [-0.15, -0.1) is 0 Å². The second kappa shape index (κ2) is 7.26. The van der Waals surface area contributed by atoms with Gasteiger partial charge in [-0.3, -0.25) is 0 Å². The van der Waals surface area contributed by atoms with Crippen molar-refractivity contribution in [3.8, 4) is 0 Å². The molecule has 9 nitrogen and oxygen atoms in total. The predicted octanol–water partition coefficient (Wildman–Crippen LogP) is -1.57. The molecule has 0 spiro atoms. The molecule has 10 atom stereocenters. The van der Waals surface area contributed by atoms with Crippen LogP contribution in [0.3, 0.4) is 0 Å². The Labute approximate surface area is 164 Å². The minimum Gasteiger partial charge on any atom is -0.394 e. The van der Waals surface area contributed by atoms with E-state index in [9.17, 15) is 30.6 Å². The van der Waals surface area contributed by atoms with E-state index < -0.39 is 72.2 Å². The van der Waals surface area contributed by atoms with Crippen molar-refractivity contribution in [3.63, 3.8) is 0 Å². The van der Waals surface area contributed by atoms with Crippen LogP contribution in [0, 0.1) is 5.41 Å². The van der Waals surface area contributed by atoms with Crippen LogP contribution in [0.1, 0.15) is 34.1 Å². The lowest BCUT2D eigenvalue weighted by Crippen LogP contribution is -2.62. The van der Waals surface area contributed by atoms with Gasteiger partial charge in [-0.25, -0.2) is 0 Å². The van der Waals surface area contributed by atoms with E-state index in [0.717, 1.165) is 0 Å². The lowest BCUT2D eigenvalue weighted by Gasteiger charge is -2.47. The third-order valence-electron chi connectivity index (χ3n) is 6.54. The molecule has 3 rings (SSSR count). The first-order chi connectivity index (χ1) is 12.9. The normalized spacial score (nSPS) is 51.7. The van der Waals surface area contributed by atoms with Crippen molar-refractivity contribution in [3.05, 3.63) is 12.2 Å². The fourth-order valence-electron chi connectivity index (χ4n) is 4.69. The van der Waals surface area contributed by atoms with Crippen LogP contribution in [0.5, 0.6) is 0 Å². The molecular weight excluding hydrogens is 372 g/mol. The molecule has 2 heterocycles. The summed E-state index contributed by atoms with van der Waals surface area (Å²) in [4.78, 5) is 0. The van der Waals surface area contributed by atoms with Gasteiger partial charge in [0, 0.05) is 11.8 Å². The topological polar surface area (TPSA) is 152 Å². The summed E-state index contributed by atoms with van der Waals surface area (Å²) >= 11 is 0. The molecule has 28 heavy (non-hydrogen) atoms. The smallest absolute Gasteiger partial charge is 0.187 e. The number of rotatable bonds is 5. The van der Waals surface area contributed by atoms with Crippen LogP contribution in [0.2, 0.25) is 0 Å². The maximum atomic E-state index is 11.0. The standard InChI is InChI=1S/C19H32O9/c1-9(21)5-6-19-17(2,3)15(25)10(7-18(19,4)28-19)26-16-14(24)13(23)12(22)11(8-20)27-16/h5-6,9-16,20-25H,7-8H2,1-4H3/t9-,10-,11-,12-,13+,14-,15+,16-,18-,19+/m1/s1. The van der Waals surface area contributed by atoms with Crippen LogP contribution in [0.15, 0.2) is 12.2 Å². The number of ether oxygens (including phenoxy) is 3. The highest BCUT2D eigenvalue weighted by molar-refractivity contribution is 5.34. The maximum Gasteiger partial charge on any atom is 0.187 e. The number of aliphatic hydroxyl groups excluding tert-OH is 6. The van der Waals surface area contributed by atoms with Gasteiger partial charge in [0.05, 0.1) is 24.9 Å². The number of hydrogen-bond donors (Lipinski definition) is 6. The quantitative estimate of drug-likeness (QED) is 0.236. The maximum absolute atomic E-state index is 11.0. The molecule has 1 aliphatic carbocycles. The van der Waals surface area contributed by atoms with Gasteiger partial charge in [-0.1, -0.05) is 26.0 Å². The monoisotopic (exact) mass is 404 g/mol. The summed E-state index contributed by atoms with van der Waals surface area (Å²) in [7, 11) is 0. The molecule has 3 fully saturated rings. The molecule has 0 aromatic rings. The van der Waals surface area contributed by atoms with Crippen molar-refractivity contribution >= 4 is 0 Å². The van der Waals surface area contributed by atoms with Crippen LogP contribution < -0.4 is 0 Å². The van der Waals surface area contributed by atoms with Gasteiger partial charge in [-0.2, -0.15) is 0 Å². The minimum atomic E-state index is -1.55. The molecule has 9 heteroatoms. The van der Waals surface area contributed by atoms with Crippen LogP contribution >= 0.6 is 0 Å². The number of fused-ring (bicyclic) bond motifs is 1. The molecule has 0 radical (unpaired) electrons. The van der Waals surface area contributed by atoms with Crippen molar-refractivity contribution < 1.29 is 44.8 Å². The van der Waals surface area contributed by atoms with Gasteiger partial charge in [0.25, 0.3) is 0 Å². The highest BCUT2D eigenvalue weighted by Gasteiger charge is 2.77. The Kier molecular flexibility index (Phi) is 5.72. The van der Waals surface area contributed by atoms with Crippen molar-refractivity contribution in [1.29, 1.82) is 0 Å². The van der Waals surface area contributed by atoms with Gasteiger partial charge in [-0.05, 0) is 13.8 Å². The summed E-state index contributed by atoms with van der Waals surface area (Å²) in [5.41, 5.74) is -2.21. The lowest BCUT2D eigenvalue weighted by atomic mass is 9.61. The Balaban J connectivity index is 1.79. The zero-order valence-electron chi connectivity index (χ0n) is 16.6. The summed E-state index contributed by atoms with van der Waals surface area (Å²) in [6.07, 6.45) is -5.72. The molecule has 0 aromatic carbocycles. The zero-order valence-corrected chi connectivity index (χ0v) is 16.6. The molecule has 0 unspecified atom stereocenters. The van der Waals surface area contributed by atoms with Crippen LogP contribution in [-0.4, -0.2) is 97.5 Å². The minimum absolute atomic E-state index is 0.288. The highest BCUT2D eigenvalue weighted by Crippen LogP contribution is 2.66. The van der Waals surface area contributed by atoms with Gasteiger partial charge in [0.2, 0.25) is 0 Å². The molecule has 162 valence electrons. The lowest BCUT2D eigenvalue weighted by molar-refractivity contribution is -0.323. The van der Waals surface area contributed by atoms with Crippen LogP contribution in [0.25, 0.3) is 0 Å². The second-order valence-corrected chi connectivity index (χ2v) is 8.91. The van der Waals surface area contributed by atoms with E-state index in [1.165, 1.54) is 0 Å². The molecule has 3 aliphatic rings. The summed E-state index contributed by atoms with van der Waals surface area (Å²) in [5.74, 6) is 0. The van der Waals surface area contributed by atoms with Crippen molar-refractivity contribution in [2.24, 2.45) is 5.41 Å². The summed E-state index contributed by atoms with van der Waals surface area (Å²) in [5, 5.41) is 60.0. The zero-order chi connectivity index (χ0) is 21.1. The number of hydrogen-bond acceptors (Lipinski definition) is 9. The summed E-state index contributed by atoms with van der Waals surface area (Å²) in [6, 6.07) is 0. The largest absolute Gasteiger partial charge is 0.394 e. The molecule has 6 N–H and O–H groups in total. The van der Waals surface area contributed by atoms with Crippen molar-refractivity contribution in [2.45, 2.75) is 94.3 Å². The van der Waals surface area contributed by atoms with Gasteiger partial charge in [0.15, 0.2) is 6.29 Å². The Bertz CT molecular complexity index is 606. The molecule has 0 bridgehead atoms.